The van der Waals surface area contributed by atoms with Crippen molar-refractivity contribution in [1.82, 2.24) is 15.5 Å². The van der Waals surface area contributed by atoms with Gasteiger partial charge in [-0.1, -0.05) is 66.7 Å². The summed E-state index contributed by atoms with van der Waals surface area (Å²) in [4.78, 5) is 40.6. The van der Waals surface area contributed by atoms with E-state index in [2.05, 4.69) is 20.9 Å². The average Bonchev–Trinajstić information content (AvgIpc) is 3.57. The Bertz CT molecular complexity index is 1530. The normalized spacial score (nSPS) is 13.7. The summed E-state index contributed by atoms with van der Waals surface area (Å²) in [5, 5.41) is 10.7. The van der Waals surface area contributed by atoms with E-state index in [9.17, 15) is 14.4 Å². The highest BCUT2D eigenvalue weighted by molar-refractivity contribution is 7.12. The minimum atomic E-state index is -0.444. The summed E-state index contributed by atoms with van der Waals surface area (Å²) in [7, 11) is 0. The quantitative estimate of drug-likeness (QED) is 0.206. The summed E-state index contributed by atoms with van der Waals surface area (Å²) < 4.78 is 5.74. The molecule has 0 bridgehead atoms. The zero-order valence-electron chi connectivity index (χ0n) is 24.2. The zero-order valence-corrected chi connectivity index (χ0v) is 25.0. The van der Waals surface area contributed by atoms with E-state index < -0.39 is 6.09 Å². The minimum absolute atomic E-state index is 0.0991. The molecule has 0 spiro atoms. The molecular formula is C34H36N4O4S. The van der Waals surface area contributed by atoms with Crippen molar-refractivity contribution < 1.29 is 19.1 Å². The third-order valence-electron chi connectivity index (χ3n) is 7.50. The molecule has 2 heterocycles. The van der Waals surface area contributed by atoms with Crippen LogP contribution in [0.15, 0.2) is 90.3 Å². The van der Waals surface area contributed by atoms with Crippen molar-refractivity contribution in [2.45, 2.75) is 32.4 Å². The molecule has 5 rings (SSSR count). The maximum atomic E-state index is 12.8. The van der Waals surface area contributed by atoms with Crippen molar-refractivity contribution >= 4 is 34.9 Å². The highest BCUT2D eigenvalue weighted by atomic mass is 32.1. The third kappa shape index (κ3) is 8.30. The molecule has 1 aliphatic heterocycles. The van der Waals surface area contributed by atoms with Gasteiger partial charge in [0.05, 0.1) is 10.6 Å². The number of carbonyl (C=O) groups is 3. The van der Waals surface area contributed by atoms with Gasteiger partial charge >= 0.3 is 6.09 Å². The molecule has 3 amide bonds. The number of nitrogens with one attached hydrogen (secondary N) is 3. The number of aryl methyl sites for hydroxylation is 1. The Morgan fingerprint density at radius 1 is 0.884 bits per heavy atom. The van der Waals surface area contributed by atoms with Crippen LogP contribution in [0.2, 0.25) is 0 Å². The fourth-order valence-corrected chi connectivity index (χ4v) is 5.83. The molecule has 1 saturated heterocycles. The number of hydrogen-bond donors (Lipinski definition) is 3. The molecule has 3 aromatic carbocycles. The number of para-hydroxylation sites is 1. The van der Waals surface area contributed by atoms with Crippen molar-refractivity contribution in [3.05, 3.63) is 112 Å². The monoisotopic (exact) mass is 596 g/mol. The Hall–Kier alpha value is -4.47. The van der Waals surface area contributed by atoms with Crippen molar-refractivity contribution in [3.8, 4) is 11.1 Å². The standard InChI is InChI=1S/C34H36N4O4S/c1-24-22-25(23-36-33(40)31-12-7-21-43-31)13-14-28(24)32(39)35-17-20-38-18-15-27(16-19-38)42-34(41)37-30-11-6-5-10-29(30)26-8-3-2-4-9-26/h2-14,21-22,27H,15-20,23H2,1H3,(H,35,39)(H,36,40)(H,37,41). The molecule has 1 aliphatic rings. The average molecular weight is 597 g/mol. The Kier molecular flexibility index (Phi) is 10.2. The first kappa shape index (κ1) is 30.0. The number of thiophene rings is 1. The van der Waals surface area contributed by atoms with Gasteiger partial charge in [0.1, 0.15) is 6.10 Å². The van der Waals surface area contributed by atoms with Crippen LogP contribution in [0.1, 0.15) is 44.0 Å². The number of benzene rings is 3. The van der Waals surface area contributed by atoms with Gasteiger partial charge in [0.2, 0.25) is 0 Å². The van der Waals surface area contributed by atoms with Crippen LogP contribution < -0.4 is 16.0 Å². The molecular weight excluding hydrogens is 560 g/mol. The van der Waals surface area contributed by atoms with Crippen LogP contribution in [-0.2, 0) is 11.3 Å². The van der Waals surface area contributed by atoms with Crippen molar-refractivity contribution in [2.24, 2.45) is 0 Å². The van der Waals surface area contributed by atoms with Crippen molar-refractivity contribution in [3.63, 3.8) is 0 Å². The van der Waals surface area contributed by atoms with Crippen LogP contribution in [0, 0.1) is 6.92 Å². The number of carbonyl (C=O) groups excluding carboxylic acids is 3. The largest absolute Gasteiger partial charge is 0.446 e. The smallest absolute Gasteiger partial charge is 0.411 e. The van der Waals surface area contributed by atoms with E-state index in [1.165, 1.54) is 11.3 Å². The summed E-state index contributed by atoms with van der Waals surface area (Å²) in [5.74, 6) is -0.213. The van der Waals surface area contributed by atoms with Crippen LogP contribution in [0.4, 0.5) is 10.5 Å². The number of piperidine rings is 1. The van der Waals surface area contributed by atoms with Gasteiger partial charge in [0.25, 0.3) is 11.8 Å². The fraction of sp³-hybridized carbons (Fsp3) is 0.265. The number of ether oxygens (including phenoxy) is 1. The first-order valence-electron chi connectivity index (χ1n) is 14.5. The lowest BCUT2D eigenvalue weighted by Gasteiger charge is -2.31. The van der Waals surface area contributed by atoms with Gasteiger partial charge in [-0.15, -0.1) is 11.3 Å². The summed E-state index contributed by atoms with van der Waals surface area (Å²) in [6.45, 7) is 5.14. The second kappa shape index (κ2) is 14.6. The zero-order chi connectivity index (χ0) is 30.0. The van der Waals surface area contributed by atoms with Crippen LogP contribution in [0.3, 0.4) is 0 Å². The second-order valence-corrected chi connectivity index (χ2v) is 11.5. The van der Waals surface area contributed by atoms with Crippen molar-refractivity contribution in [1.29, 1.82) is 0 Å². The first-order chi connectivity index (χ1) is 21.0. The molecule has 0 radical (unpaired) electrons. The van der Waals surface area contributed by atoms with Crippen LogP contribution in [-0.4, -0.2) is 55.1 Å². The molecule has 0 aliphatic carbocycles. The lowest BCUT2D eigenvalue weighted by molar-refractivity contribution is 0.0587. The van der Waals surface area contributed by atoms with Gasteiger partial charge in [-0.25, -0.2) is 4.79 Å². The summed E-state index contributed by atoms with van der Waals surface area (Å²) >= 11 is 1.40. The predicted octanol–water partition coefficient (Wildman–Crippen LogP) is 6.10. The first-order valence-corrected chi connectivity index (χ1v) is 15.4. The topological polar surface area (TPSA) is 99.8 Å². The number of amides is 3. The van der Waals surface area contributed by atoms with Gasteiger partial charge in [-0.3, -0.25) is 14.9 Å². The highest BCUT2D eigenvalue weighted by Gasteiger charge is 2.23. The van der Waals surface area contributed by atoms with Crippen LogP contribution >= 0.6 is 11.3 Å². The number of hydrogen-bond acceptors (Lipinski definition) is 6. The molecule has 0 atom stereocenters. The van der Waals surface area contributed by atoms with Crippen LogP contribution in [0.5, 0.6) is 0 Å². The van der Waals surface area contributed by atoms with E-state index in [4.69, 9.17) is 4.74 Å². The molecule has 1 fully saturated rings. The summed E-state index contributed by atoms with van der Waals surface area (Å²) in [6.07, 6.45) is 0.891. The molecule has 9 heteroatoms. The molecule has 0 saturated carbocycles. The molecule has 222 valence electrons. The van der Waals surface area contributed by atoms with Gasteiger partial charge < -0.3 is 20.3 Å². The van der Waals surface area contributed by atoms with E-state index in [1.807, 2.05) is 91.2 Å². The van der Waals surface area contributed by atoms with E-state index in [0.717, 1.165) is 60.4 Å². The van der Waals surface area contributed by atoms with E-state index in [-0.39, 0.29) is 17.9 Å². The summed E-state index contributed by atoms with van der Waals surface area (Å²) in [5.41, 5.74) is 5.13. The van der Waals surface area contributed by atoms with E-state index in [0.29, 0.717) is 23.5 Å². The Morgan fingerprint density at radius 3 is 2.40 bits per heavy atom. The minimum Gasteiger partial charge on any atom is -0.446 e. The molecule has 43 heavy (non-hydrogen) atoms. The highest BCUT2D eigenvalue weighted by Crippen LogP contribution is 2.28. The fourth-order valence-electron chi connectivity index (χ4n) is 5.19. The number of likely N-dealkylation sites (tertiary alicyclic amines) is 1. The SMILES string of the molecule is Cc1cc(CNC(=O)c2cccs2)ccc1C(=O)NCCN1CCC(OC(=O)Nc2ccccc2-c2ccccc2)CC1. The number of nitrogens with zero attached hydrogens (tertiary/aromatic N) is 1. The molecule has 1 aromatic heterocycles. The Labute approximate surface area is 256 Å². The number of anilines is 1. The molecule has 3 N–H and O–H groups in total. The summed E-state index contributed by atoms with van der Waals surface area (Å²) in [6, 6.07) is 26.9. The molecule has 0 unspecified atom stereocenters. The lowest BCUT2D eigenvalue weighted by Crippen LogP contribution is -2.42. The van der Waals surface area contributed by atoms with E-state index in [1.54, 1.807) is 6.07 Å². The Balaban J connectivity index is 1.01. The van der Waals surface area contributed by atoms with Gasteiger partial charge in [0.15, 0.2) is 0 Å². The molecule has 8 nitrogen and oxygen atoms in total. The van der Waals surface area contributed by atoms with Gasteiger partial charge in [0, 0.05) is 43.9 Å². The molecule has 4 aromatic rings. The maximum absolute atomic E-state index is 12.8. The van der Waals surface area contributed by atoms with Crippen LogP contribution in [0.25, 0.3) is 11.1 Å². The predicted molar refractivity (Wildman–Crippen MR) is 170 cm³/mol. The number of rotatable bonds is 10. The second-order valence-electron chi connectivity index (χ2n) is 10.5. The maximum Gasteiger partial charge on any atom is 0.411 e. The Morgan fingerprint density at radius 2 is 1.65 bits per heavy atom. The van der Waals surface area contributed by atoms with Crippen molar-refractivity contribution in [2.75, 3.05) is 31.5 Å². The lowest BCUT2D eigenvalue weighted by atomic mass is 10.0. The van der Waals surface area contributed by atoms with E-state index >= 15 is 0 Å². The van der Waals surface area contributed by atoms with Gasteiger partial charge in [-0.2, -0.15) is 0 Å². The third-order valence-corrected chi connectivity index (χ3v) is 8.37. The van der Waals surface area contributed by atoms with Gasteiger partial charge in [-0.05, 0) is 60.0 Å².